The summed E-state index contributed by atoms with van der Waals surface area (Å²) in [4.78, 5) is 23.0. The van der Waals surface area contributed by atoms with Gasteiger partial charge in [-0.25, -0.2) is 0 Å². The lowest BCUT2D eigenvalue weighted by molar-refractivity contribution is -0.140. The fraction of sp³-hybridized carbons (Fsp3) is 0.286. The normalized spacial score (nSPS) is 9.78. The second-order valence-corrected chi connectivity index (χ2v) is 5.57. The summed E-state index contributed by atoms with van der Waals surface area (Å²) < 4.78 is 4.57. The molecule has 2 aromatic rings. The van der Waals surface area contributed by atoms with Gasteiger partial charge in [0.1, 0.15) is 5.01 Å². The smallest absolute Gasteiger partial charge is 0.305 e. The summed E-state index contributed by atoms with van der Waals surface area (Å²) in [6.07, 6.45) is 1.58. The Hall–Kier alpha value is -2.19. The van der Waals surface area contributed by atoms with Gasteiger partial charge in [0, 0.05) is 24.1 Å². The number of hydrogen-bond acceptors (Lipinski definition) is 7. The average Bonchev–Trinajstić information content (AvgIpc) is 2.94. The number of nitrogens with one attached hydrogen (secondary N) is 1. The van der Waals surface area contributed by atoms with Gasteiger partial charge in [-0.3, -0.25) is 14.9 Å². The number of nitrogens with two attached hydrogens (primary N) is 1. The van der Waals surface area contributed by atoms with E-state index in [1.807, 2.05) is 0 Å². The number of benzene rings is 1. The van der Waals surface area contributed by atoms with Crippen LogP contribution in [-0.4, -0.2) is 29.2 Å². The summed E-state index contributed by atoms with van der Waals surface area (Å²) in [5.41, 5.74) is 6.62. The highest BCUT2D eigenvalue weighted by Gasteiger charge is 2.11. The van der Waals surface area contributed by atoms with Gasteiger partial charge in [-0.05, 0) is 24.6 Å². The predicted octanol–water partition coefficient (Wildman–Crippen LogP) is 2.29. The number of amides is 1. The molecule has 0 bridgehead atoms. The van der Waals surface area contributed by atoms with Crippen LogP contribution in [0.5, 0.6) is 0 Å². The molecule has 0 aliphatic carbocycles. The predicted molar refractivity (Wildman–Crippen MR) is 90.9 cm³/mol. The van der Waals surface area contributed by atoms with Crippen molar-refractivity contribution >= 4 is 46.4 Å². The lowest BCUT2D eigenvalue weighted by Crippen LogP contribution is -2.11. The molecule has 1 amide bonds. The number of esters is 1. The maximum absolute atomic E-state index is 12.0. The van der Waals surface area contributed by atoms with Gasteiger partial charge in [0.25, 0.3) is 5.91 Å². The second-order valence-electron chi connectivity index (χ2n) is 4.51. The first kappa shape index (κ1) is 18.9. The van der Waals surface area contributed by atoms with Crippen molar-refractivity contribution in [2.24, 2.45) is 0 Å². The topological polar surface area (TPSA) is 107 Å². The Morgan fingerprint density at radius 1 is 1.35 bits per heavy atom. The molecule has 23 heavy (non-hydrogen) atoms. The highest BCUT2D eigenvalue weighted by atomic mass is 35.5. The summed E-state index contributed by atoms with van der Waals surface area (Å²) in [6, 6.07) is 6.68. The molecule has 0 atom stereocenters. The molecular formula is C14H17ClN4O3S. The summed E-state index contributed by atoms with van der Waals surface area (Å²) in [7, 11) is 1.36. The lowest BCUT2D eigenvalue weighted by atomic mass is 10.2. The van der Waals surface area contributed by atoms with Crippen molar-refractivity contribution in [1.82, 2.24) is 10.2 Å². The summed E-state index contributed by atoms with van der Waals surface area (Å²) in [5.74, 6) is -0.538. The number of aromatic nitrogens is 2. The molecule has 1 aromatic heterocycles. The third kappa shape index (κ3) is 5.84. The van der Waals surface area contributed by atoms with E-state index in [0.717, 1.165) is 5.01 Å². The van der Waals surface area contributed by atoms with Gasteiger partial charge >= 0.3 is 5.97 Å². The van der Waals surface area contributed by atoms with Crippen molar-refractivity contribution in [3.8, 4) is 0 Å². The van der Waals surface area contributed by atoms with Crippen LogP contribution in [0.3, 0.4) is 0 Å². The molecule has 7 nitrogen and oxygen atoms in total. The van der Waals surface area contributed by atoms with Crippen LogP contribution in [0, 0.1) is 0 Å². The van der Waals surface area contributed by atoms with E-state index in [1.165, 1.54) is 18.4 Å². The number of carbonyl (C=O) groups is 2. The van der Waals surface area contributed by atoms with Crippen molar-refractivity contribution in [3.05, 3.63) is 34.8 Å². The van der Waals surface area contributed by atoms with E-state index in [-0.39, 0.29) is 24.3 Å². The Kier molecular flexibility index (Phi) is 7.43. The van der Waals surface area contributed by atoms with E-state index >= 15 is 0 Å². The largest absolute Gasteiger partial charge is 0.469 e. The van der Waals surface area contributed by atoms with E-state index in [1.54, 1.807) is 24.3 Å². The number of ether oxygens (including phenoxy) is 1. The Morgan fingerprint density at radius 2 is 2.13 bits per heavy atom. The van der Waals surface area contributed by atoms with E-state index in [4.69, 9.17) is 5.73 Å². The minimum absolute atomic E-state index is 0. The third-order valence-corrected chi connectivity index (χ3v) is 3.73. The van der Waals surface area contributed by atoms with Crippen LogP contribution in [0.15, 0.2) is 24.3 Å². The number of halogens is 1. The fourth-order valence-electron chi connectivity index (χ4n) is 1.74. The summed E-state index contributed by atoms with van der Waals surface area (Å²) in [6.45, 7) is 0. The fourth-order valence-corrected chi connectivity index (χ4v) is 2.52. The number of nitrogen functional groups attached to an aromatic ring is 1. The number of anilines is 2. The van der Waals surface area contributed by atoms with Gasteiger partial charge in [-0.1, -0.05) is 17.4 Å². The van der Waals surface area contributed by atoms with Crippen LogP contribution in [-0.2, 0) is 16.0 Å². The zero-order valence-corrected chi connectivity index (χ0v) is 14.1. The minimum Gasteiger partial charge on any atom is -0.469 e. The average molecular weight is 357 g/mol. The second kappa shape index (κ2) is 9.06. The van der Waals surface area contributed by atoms with Gasteiger partial charge in [-0.15, -0.1) is 22.6 Å². The van der Waals surface area contributed by atoms with Gasteiger partial charge < -0.3 is 10.5 Å². The van der Waals surface area contributed by atoms with Gasteiger partial charge in [0.2, 0.25) is 5.13 Å². The number of nitrogens with zero attached hydrogens (tertiary/aromatic N) is 2. The maximum Gasteiger partial charge on any atom is 0.305 e. The molecule has 1 aromatic carbocycles. The molecule has 2 rings (SSSR count). The Balaban J connectivity index is 0.00000264. The number of rotatable bonds is 6. The number of methoxy groups -OCH3 is 1. The van der Waals surface area contributed by atoms with Crippen molar-refractivity contribution < 1.29 is 14.3 Å². The lowest BCUT2D eigenvalue weighted by Gasteiger charge is -2.01. The van der Waals surface area contributed by atoms with Crippen molar-refractivity contribution in [1.29, 1.82) is 0 Å². The minimum atomic E-state index is -0.287. The highest BCUT2D eigenvalue weighted by molar-refractivity contribution is 7.15. The first-order valence-electron chi connectivity index (χ1n) is 6.64. The van der Waals surface area contributed by atoms with Crippen molar-refractivity contribution in [3.63, 3.8) is 0 Å². The zero-order valence-electron chi connectivity index (χ0n) is 12.4. The van der Waals surface area contributed by atoms with Crippen molar-refractivity contribution in [2.45, 2.75) is 19.3 Å². The molecule has 0 aliphatic rings. The molecule has 0 fully saturated rings. The van der Waals surface area contributed by atoms with Crippen molar-refractivity contribution in [2.75, 3.05) is 18.2 Å². The maximum atomic E-state index is 12.0. The SMILES string of the molecule is COC(=O)CCCc1nnc(NC(=O)c2cccc(N)c2)s1.Cl. The third-order valence-electron chi connectivity index (χ3n) is 2.84. The molecule has 0 spiro atoms. The molecular weight excluding hydrogens is 340 g/mol. The summed E-state index contributed by atoms with van der Waals surface area (Å²) >= 11 is 1.28. The molecule has 0 aliphatic heterocycles. The molecule has 0 unspecified atom stereocenters. The quantitative estimate of drug-likeness (QED) is 0.607. The van der Waals surface area contributed by atoms with Crippen LogP contribution >= 0.6 is 23.7 Å². The monoisotopic (exact) mass is 356 g/mol. The van der Waals surface area contributed by atoms with Crippen LogP contribution in [0.2, 0.25) is 0 Å². The molecule has 0 radical (unpaired) electrons. The Morgan fingerprint density at radius 3 is 2.83 bits per heavy atom. The highest BCUT2D eigenvalue weighted by Crippen LogP contribution is 2.18. The summed E-state index contributed by atoms with van der Waals surface area (Å²) in [5, 5.41) is 11.7. The number of aryl methyl sites for hydroxylation is 1. The van der Waals surface area contributed by atoms with Crippen LogP contribution < -0.4 is 11.1 Å². The van der Waals surface area contributed by atoms with E-state index < -0.39 is 0 Å². The molecule has 0 saturated carbocycles. The van der Waals surface area contributed by atoms with E-state index in [9.17, 15) is 9.59 Å². The van der Waals surface area contributed by atoms with Crippen LogP contribution in [0.25, 0.3) is 0 Å². The van der Waals surface area contributed by atoms with Crippen LogP contribution in [0.1, 0.15) is 28.2 Å². The Labute approximate surface area is 143 Å². The van der Waals surface area contributed by atoms with Gasteiger partial charge in [-0.2, -0.15) is 0 Å². The van der Waals surface area contributed by atoms with E-state index in [2.05, 4.69) is 20.3 Å². The first-order chi connectivity index (χ1) is 10.6. The Bertz CT molecular complexity index is 678. The number of carbonyl (C=O) groups excluding carboxylic acids is 2. The molecule has 3 N–H and O–H groups in total. The molecule has 1 heterocycles. The molecule has 124 valence electrons. The van der Waals surface area contributed by atoms with Crippen LogP contribution in [0.4, 0.5) is 10.8 Å². The molecule has 0 saturated heterocycles. The van der Waals surface area contributed by atoms with Gasteiger partial charge in [0.05, 0.1) is 7.11 Å². The van der Waals surface area contributed by atoms with E-state index in [0.29, 0.717) is 35.6 Å². The number of hydrogen-bond donors (Lipinski definition) is 2. The first-order valence-corrected chi connectivity index (χ1v) is 7.46. The van der Waals surface area contributed by atoms with Gasteiger partial charge in [0.15, 0.2) is 0 Å². The zero-order chi connectivity index (χ0) is 15.9. The standard InChI is InChI=1S/C14H16N4O3S.ClH/c1-21-12(19)7-3-6-11-17-18-14(22-11)16-13(20)9-4-2-5-10(15)8-9;/h2,4-5,8H,3,6-7,15H2,1H3,(H,16,18,20);1H. The molecule has 9 heteroatoms.